The number of hydrogen-bond acceptors (Lipinski definition) is 4. The third-order valence-electron chi connectivity index (χ3n) is 5.21. The average Bonchev–Trinajstić information content (AvgIpc) is 3.15. The van der Waals surface area contributed by atoms with Gasteiger partial charge >= 0.3 is 0 Å². The molecule has 1 aromatic heterocycles. The first-order valence-corrected chi connectivity index (χ1v) is 8.47. The minimum absolute atomic E-state index is 0.150. The molecule has 6 nitrogen and oxygen atoms in total. The fourth-order valence-corrected chi connectivity index (χ4v) is 4.10. The summed E-state index contributed by atoms with van der Waals surface area (Å²) >= 11 is 0. The molecule has 0 spiro atoms. The van der Waals surface area contributed by atoms with Crippen LogP contribution in [0, 0.1) is 5.92 Å². The molecule has 6 heteroatoms. The minimum Gasteiger partial charge on any atom is -0.335 e. The van der Waals surface area contributed by atoms with E-state index in [-0.39, 0.29) is 5.91 Å². The van der Waals surface area contributed by atoms with Gasteiger partial charge in [0.1, 0.15) is 6.33 Å². The van der Waals surface area contributed by atoms with Gasteiger partial charge in [-0.1, -0.05) is 18.9 Å². The Morgan fingerprint density at radius 2 is 2.00 bits per heavy atom. The van der Waals surface area contributed by atoms with Gasteiger partial charge in [0.2, 0.25) is 0 Å². The van der Waals surface area contributed by atoms with Crippen LogP contribution >= 0.6 is 0 Å². The van der Waals surface area contributed by atoms with Crippen molar-refractivity contribution in [2.24, 2.45) is 5.92 Å². The van der Waals surface area contributed by atoms with Crippen molar-refractivity contribution in [2.45, 2.75) is 44.6 Å². The molecule has 0 bridgehead atoms. The Morgan fingerprint density at radius 3 is 2.87 bits per heavy atom. The molecule has 1 saturated carbocycles. The van der Waals surface area contributed by atoms with Crippen LogP contribution in [0.25, 0.3) is 5.69 Å². The summed E-state index contributed by atoms with van der Waals surface area (Å²) in [4.78, 5) is 15.2. The average molecular weight is 311 g/mol. The van der Waals surface area contributed by atoms with Gasteiger partial charge < -0.3 is 4.90 Å². The lowest BCUT2D eigenvalue weighted by atomic mass is 9.78. The maximum absolute atomic E-state index is 13.0. The first kappa shape index (κ1) is 14.4. The zero-order valence-corrected chi connectivity index (χ0v) is 13.1. The van der Waals surface area contributed by atoms with E-state index in [0.717, 1.165) is 30.6 Å². The molecule has 2 fully saturated rings. The number of fused-ring (bicyclic) bond motifs is 1. The van der Waals surface area contributed by atoms with Gasteiger partial charge in [0.25, 0.3) is 5.91 Å². The molecular formula is C17H21N5O. The number of hydrogen-bond donors (Lipinski definition) is 0. The third kappa shape index (κ3) is 2.73. The summed E-state index contributed by atoms with van der Waals surface area (Å²) in [7, 11) is 0. The summed E-state index contributed by atoms with van der Waals surface area (Å²) in [6, 6.07) is 8.01. The molecule has 1 aliphatic heterocycles. The van der Waals surface area contributed by atoms with Crippen molar-refractivity contribution < 1.29 is 4.79 Å². The second-order valence-electron chi connectivity index (χ2n) is 6.56. The number of rotatable bonds is 2. The van der Waals surface area contributed by atoms with Gasteiger partial charge in [0, 0.05) is 18.2 Å². The SMILES string of the molecule is O=C(c1cccc(-n2cnnn2)c1)N1CCC[C@H]2CCCC[C@H]21. The summed E-state index contributed by atoms with van der Waals surface area (Å²) in [6.45, 7) is 0.884. The highest BCUT2D eigenvalue weighted by molar-refractivity contribution is 5.95. The topological polar surface area (TPSA) is 63.9 Å². The molecule has 0 N–H and O–H groups in total. The second-order valence-corrected chi connectivity index (χ2v) is 6.56. The number of nitrogens with zero attached hydrogens (tertiary/aromatic N) is 5. The standard InChI is InChI=1S/C17H21N5O/c23-17(21-10-4-7-13-5-1-2-9-16(13)21)14-6-3-8-15(11-14)22-12-18-19-20-22/h3,6,8,11-13,16H,1-2,4-5,7,9-10H2/t13-,16-/m1/s1. The van der Waals surface area contributed by atoms with Crippen LogP contribution in [0.15, 0.2) is 30.6 Å². The van der Waals surface area contributed by atoms with E-state index in [4.69, 9.17) is 0 Å². The van der Waals surface area contributed by atoms with Gasteiger partial charge in [0.15, 0.2) is 0 Å². The molecule has 1 aliphatic carbocycles. The molecule has 23 heavy (non-hydrogen) atoms. The Morgan fingerprint density at radius 1 is 1.13 bits per heavy atom. The van der Waals surface area contributed by atoms with E-state index in [1.807, 2.05) is 24.3 Å². The smallest absolute Gasteiger partial charge is 0.254 e. The van der Waals surface area contributed by atoms with E-state index in [2.05, 4.69) is 20.4 Å². The molecular weight excluding hydrogens is 290 g/mol. The largest absolute Gasteiger partial charge is 0.335 e. The number of tetrazole rings is 1. The molecule has 2 aliphatic rings. The number of carbonyl (C=O) groups is 1. The first-order valence-electron chi connectivity index (χ1n) is 8.47. The van der Waals surface area contributed by atoms with Gasteiger partial charge in [-0.05, 0) is 60.2 Å². The fourth-order valence-electron chi connectivity index (χ4n) is 4.10. The molecule has 2 heterocycles. The fraction of sp³-hybridized carbons (Fsp3) is 0.529. The number of piperidine rings is 1. The monoisotopic (exact) mass is 311 g/mol. The van der Waals surface area contributed by atoms with E-state index >= 15 is 0 Å². The minimum atomic E-state index is 0.150. The Labute approximate surface area is 135 Å². The predicted molar refractivity (Wildman–Crippen MR) is 85.2 cm³/mol. The normalized spacial score (nSPS) is 24.3. The second kappa shape index (κ2) is 6.10. The summed E-state index contributed by atoms with van der Waals surface area (Å²) in [6.07, 6.45) is 8.94. The Balaban J connectivity index is 1.60. The maximum atomic E-state index is 13.0. The van der Waals surface area contributed by atoms with Crippen LogP contribution < -0.4 is 0 Å². The van der Waals surface area contributed by atoms with E-state index in [9.17, 15) is 4.79 Å². The van der Waals surface area contributed by atoms with Crippen molar-refractivity contribution in [2.75, 3.05) is 6.54 Å². The van der Waals surface area contributed by atoms with Gasteiger partial charge in [-0.25, -0.2) is 4.68 Å². The summed E-state index contributed by atoms with van der Waals surface area (Å²) in [5.74, 6) is 0.848. The predicted octanol–water partition coefficient (Wildman–Crippen LogP) is 2.46. The molecule has 0 radical (unpaired) electrons. The van der Waals surface area contributed by atoms with E-state index in [0.29, 0.717) is 12.0 Å². The van der Waals surface area contributed by atoms with Crippen LogP contribution in [0.4, 0.5) is 0 Å². The van der Waals surface area contributed by atoms with Crippen molar-refractivity contribution >= 4 is 5.91 Å². The van der Waals surface area contributed by atoms with Crippen molar-refractivity contribution in [3.8, 4) is 5.69 Å². The van der Waals surface area contributed by atoms with Crippen molar-refractivity contribution in [1.29, 1.82) is 0 Å². The summed E-state index contributed by atoms with van der Waals surface area (Å²) in [5.41, 5.74) is 1.54. The summed E-state index contributed by atoms with van der Waals surface area (Å²) < 4.78 is 1.58. The highest BCUT2D eigenvalue weighted by Crippen LogP contribution is 2.36. The maximum Gasteiger partial charge on any atom is 0.254 e. The summed E-state index contributed by atoms with van der Waals surface area (Å²) in [5, 5.41) is 11.2. The van der Waals surface area contributed by atoms with Crippen LogP contribution in [-0.2, 0) is 0 Å². The van der Waals surface area contributed by atoms with Gasteiger partial charge in [-0.15, -0.1) is 5.10 Å². The zero-order valence-electron chi connectivity index (χ0n) is 13.1. The van der Waals surface area contributed by atoms with Crippen LogP contribution in [0.3, 0.4) is 0 Å². The van der Waals surface area contributed by atoms with Gasteiger partial charge in [0.05, 0.1) is 5.69 Å². The first-order chi connectivity index (χ1) is 11.3. The highest BCUT2D eigenvalue weighted by Gasteiger charge is 2.35. The van der Waals surface area contributed by atoms with E-state index in [1.165, 1.54) is 25.7 Å². The lowest BCUT2D eigenvalue weighted by molar-refractivity contribution is 0.0390. The van der Waals surface area contributed by atoms with Crippen molar-refractivity contribution in [3.63, 3.8) is 0 Å². The molecule has 1 aromatic carbocycles. The van der Waals surface area contributed by atoms with Crippen LogP contribution in [0.5, 0.6) is 0 Å². The molecule has 0 unspecified atom stereocenters. The van der Waals surface area contributed by atoms with E-state index in [1.54, 1.807) is 11.0 Å². The Bertz CT molecular complexity index is 682. The zero-order chi connectivity index (χ0) is 15.6. The number of likely N-dealkylation sites (tertiary alicyclic amines) is 1. The molecule has 1 amide bonds. The third-order valence-corrected chi connectivity index (χ3v) is 5.21. The van der Waals surface area contributed by atoms with Crippen LogP contribution in [0.2, 0.25) is 0 Å². The van der Waals surface area contributed by atoms with Crippen molar-refractivity contribution in [3.05, 3.63) is 36.2 Å². The number of benzene rings is 1. The number of carbonyl (C=O) groups excluding carboxylic acids is 1. The van der Waals surface area contributed by atoms with Crippen molar-refractivity contribution in [1.82, 2.24) is 25.1 Å². The van der Waals surface area contributed by atoms with Gasteiger partial charge in [-0.3, -0.25) is 4.79 Å². The molecule has 120 valence electrons. The highest BCUT2D eigenvalue weighted by atomic mass is 16.2. The van der Waals surface area contributed by atoms with Crippen LogP contribution in [-0.4, -0.2) is 43.6 Å². The Hall–Kier alpha value is -2.24. The van der Waals surface area contributed by atoms with Crippen LogP contribution in [0.1, 0.15) is 48.9 Å². The molecule has 2 atom stereocenters. The lowest BCUT2D eigenvalue weighted by Gasteiger charge is -2.44. The van der Waals surface area contributed by atoms with Gasteiger partial charge in [-0.2, -0.15) is 0 Å². The molecule has 2 aromatic rings. The number of amides is 1. The quantitative estimate of drug-likeness (QED) is 0.854. The van der Waals surface area contributed by atoms with E-state index < -0.39 is 0 Å². The molecule has 1 saturated heterocycles. The molecule has 4 rings (SSSR count). The lowest BCUT2D eigenvalue weighted by Crippen LogP contribution is -2.49. The Kier molecular flexibility index (Phi) is 3.81. The number of aromatic nitrogens is 4.